The topological polar surface area (TPSA) is 98.8 Å². The molecule has 1 amide bonds. The molecule has 0 atom stereocenters. The highest BCUT2D eigenvalue weighted by atomic mass is 32.1. The number of ether oxygens (including phenoxy) is 2. The first-order valence-corrected chi connectivity index (χ1v) is 9.70. The van der Waals surface area contributed by atoms with E-state index in [1.807, 2.05) is 0 Å². The first kappa shape index (κ1) is 20.9. The molecule has 1 N–H and O–H groups in total. The summed E-state index contributed by atoms with van der Waals surface area (Å²) in [6, 6.07) is 16.0. The number of anilines is 1. The van der Waals surface area contributed by atoms with Crippen LogP contribution < -0.4 is 5.32 Å². The van der Waals surface area contributed by atoms with Gasteiger partial charge in [-0.3, -0.25) is 9.59 Å². The lowest BCUT2D eigenvalue weighted by molar-refractivity contribution is -0.119. The Bertz CT molecular complexity index is 1090. The Balaban J connectivity index is 1.68. The molecule has 0 aliphatic heterocycles. The van der Waals surface area contributed by atoms with Crippen LogP contribution in [0.15, 0.2) is 66.0 Å². The number of hydrogen-bond acceptors (Lipinski definition) is 7. The van der Waals surface area contributed by atoms with Gasteiger partial charge in [0.1, 0.15) is 0 Å². The van der Waals surface area contributed by atoms with E-state index in [0.29, 0.717) is 4.88 Å². The van der Waals surface area contributed by atoms with Crippen molar-refractivity contribution in [3.05, 3.63) is 87.6 Å². The predicted octanol–water partition coefficient (Wildman–Crippen LogP) is 3.56. The van der Waals surface area contributed by atoms with Gasteiger partial charge in [-0.05, 0) is 29.6 Å². The number of hydrogen-bond donors (Lipinski definition) is 1. The summed E-state index contributed by atoms with van der Waals surface area (Å²) < 4.78 is 9.76. The lowest BCUT2D eigenvalue weighted by atomic mass is 10.0. The van der Waals surface area contributed by atoms with Gasteiger partial charge in [0.2, 0.25) is 5.78 Å². The van der Waals surface area contributed by atoms with Gasteiger partial charge in [0.05, 0.1) is 28.8 Å². The molecular weight excluding hydrogens is 406 g/mol. The first-order valence-electron chi connectivity index (χ1n) is 8.83. The Labute approximate surface area is 176 Å². The SMILES string of the molecule is COC(=O)c1ccccc1NC(=O)COC(=O)c1ccccc1C(=O)c1cccs1. The summed E-state index contributed by atoms with van der Waals surface area (Å²) in [6.07, 6.45) is 0. The van der Waals surface area contributed by atoms with Gasteiger partial charge in [0.15, 0.2) is 6.61 Å². The van der Waals surface area contributed by atoms with E-state index in [0.717, 1.165) is 0 Å². The van der Waals surface area contributed by atoms with E-state index >= 15 is 0 Å². The van der Waals surface area contributed by atoms with Crippen LogP contribution in [-0.2, 0) is 14.3 Å². The average molecular weight is 423 g/mol. The fourth-order valence-electron chi connectivity index (χ4n) is 2.67. The molecule has 30 heavy (non-hydrogen) atoms. The standard InChI is InChI=1S/C22H17NO6S/c1-28-21(26)16-9-4-5-10-17(16)23-19(24)13-29-22(27)15-8-3-2-7-14(15)20(25)18-11-6-12-30-18/h2-12H,13H2,1H3,(H,23,24). The highest BCUT2D eigenvalue weighted by Gasteiger charge is 2.21. The van der Waals surface area contributed by atoms with E-state index in [9.17, 15) is 19.2 Å². The highest BCUT2D eigenvalue weighted by molar-refractivity contribution is 7.12. The molecule has 0 aliphatic carbocycles. The van der Waals surface area contributed by atoms with Crippen LogP contribution in [0.5, 0.6) is 0 Å². The van der Waals surface area contributed by atoms with Crippen molar-refractivity contribution in [2.24, 2.45) is 0 Å². The Morgan fingerprint density at radius 3 is 2.17 bits per heavy atom. The second kappa shape index (κ2) is 9.62. The Kier molecular flexibility index (Phi) is 6.71. The molecule has 0 unspecified atom stereocenters. The predicted molar refractivity (Wildman–Crippen MR) is 111 cm³/mol. The van der Waals surface area contributed by atoms with Crippen molar-refractivity contribution in [1.82, 2.24) is 0 Å². The molecule has 0 radical (unpaired) electrons. The van der Waals surface area contributed by atoms with Gasteiger partial charge in [-0.1, -0.05) is 36.4 Å². The molecule has 0 fully saturated rings. The van der Waals surface area contributed by atoms with E-state index in [4.69, 9.17) is 4.74 Å². The van der Waals surface area contributed by atoms with Crippen molar-refractivity contribution in [2.75, 3.05) is 19.0 Å². The number of para-hydroxylation sites is 1. The normalized spacial score (nSPS) is 10.2. The summed E-state index contributed by atoms with van der Waals surface area (Å²) in [7, 11) is 1.23. The van der Waals surface area contributed by atoms with Crippen molar-refractivity contribution < 1.29 is 28.7 Å². The van der Waals surface area contributed by atoms with Crippen LogP contribution in [0, 0.1) is 0 Å². The Hall–Kier alpha value is -3.78. The number of ketones is 1. The number of rotatable bonds is 7. The maximum atomic E-state index is 12.6. The number of nitrogens with one attached hydrogen (secondary N) is 1. The fraction of sp³-hybridized carbons (Fsp3) is 0.0909. The minimum Gasteiger partial charge on any atom is -0.465 e. The van der Waals surface area contributed by atoms with Crippen molar-refractivity contribution in [3.8, 4) is 0 Å². The van der Waals surface area contributed by atoms with Crippen LogP contribution in [0.4, 0.5) is 5.69 Å². The van der Waals surface area contributed by atoms with Crippen molar-refractivity contribution in [2.45, 2.75) is 0 Å². The Morgan fingerprint density at radius 1 is 0.833 bits per heavy atom. The van der Waals surface area contributed by atoms with E-state index in [1.54, 1.807) is 41.8 Å². The van der Waals surface area contributed by atoms with Gasteiger partial charge in [0, 0.05) is 5.56 Å². The number of esters is 2. The molecule has 7 nitrogen and oxygen atoms in total. The number of carbonyl (C=O) groups excluding carboxylic acids is 4. The van der Waals surface area contributed by atoms with Gasteiger partial charge in [-0.25, -0.2) is 9.59 Å². The summed E-state index contributed by atoms with van der Waals surface area (Å²) >= 11 is 1.27. The molecule has 1 aromatic heterocycles. The minimum absolute atomic E-state index is 0.0682. The van der Waals surface area contributed by atoms with Gasteiger partial charge in [0.25, 0.3) is 5.91 Å². The van der Waals surface area contributed by atoms with Gasteiger partial charge in [-0.15, -0.1) is 11.3 Å². The number of thiophene rings is 1. The summed E-state index contributed by atoms with van der Waals surface area (Å²) in [5.74, 6) is -2.34. The number of methoxy groups -OCH3 is 1. The average Bonchev–Trinajstić information content (AvgIpc) is 3.32. The van der Waals surface area contributed by atoms with Crippen LogP contribution in [0.1, 0.15) is 36.0 Å². The maximum absolute atomic E-state index is 12.6. The van der Waals surface area contributed by atoms with Gasteiger partial charge >= 0.3 is 11.9 Å². The summed E-state index contributed by atoms with van der Waals surface area (Å²) in [4.78, 5) is 49.6. The molecule has 0 bridgehead atoms. The van der Waals surface area contributed by atoms with E-state index in [2.05, 4.69) is 10.1 Å². The van der Waals surface area contributed by atoms with Gasteiger partial charge < -0.3 is 14.8 Å². The third kappa shape index (κ3) is 4.79. The van der Waals surface area contributed by atoms with Crippen LogP contribution in [0.25, 0.3) is 0 Å². The third-order valence-corrected chi connectivity index (χ3v) is 4.95. The number of benzene rings is 2. The van der Waals surface area contributed by atoms with Crippen LogP contribution in [0.2, 0.25) is 0 Å². The van der Waals surface area contributed by atoms with Crippen LogP contribution in [0.3, 0.4) is 0 Å². The Morgan fingerprint density at radius 2 is 1.50 bits per heavy atom. The monoisotopic (exact) mass is 423 g/mol. The first-order chi connectivity index (χ1) is 14.5. The highest BCUT2D eigenvalue weighted by Crippen LogP contribution is 2.19. The largest absolute Gasteiger partial charge is 0.465 e. The molecule has 0 saturated heterocycles. The molecule has 0 spiro atoms. The van der Waals surface area contributed by atoms with Crippen molar-refractivity contribution in [3.63, 3.8) is 0 Å². The van der Waals surface area contributed by atoms with Crippen molar-refractivity contribution >= 4 is 40.7 Å². The maximum Gasteiger partial charge on any atom is 0.339 e. The smallest absolute Gasteiger partial charge is 0.339 e. The molecule has 1 heterocycles. The number of amides is 1. The molecule has 8 heteroatoms. The summed E-state index contributed by atoms with van der Waals surface area (Å²) in [6.45, 7) is -0.587. The quantitative estimate of drug-likeness (QED) is 0.461. The van der Waals surface area contributed by atoms with E-state index < -0.39 is 24.5 Å². The fourth-order valence-corrected chi connectivity index (χ4v) is 3.35. The zero-order valence-electron chi connectivity index (χ0n) is 15.9. The third-order valence-electron chi connectivity index (χ3n) is 4.08. The zero-order chi connectivity index (χ0) is 21.5. The van der Waals surface area contributed by atoms with Crippen molar-refractivity contribution in [1.29, 1.82) is 0 Å². The van der Waals surface area contributed by atoms with Crippen LogP contribution >= 0.6 is 11.3 Å². The molecule has 152 valence electrons. The molecule has 3 rings (SSSR count). The van der Waals surface area contributed by atoms with E-state index in [-0.39, 0.29) is 28.2 Å². The second-order valence-corrected chi connectivity index (χ2v) is 6.96. The molecule has 3 aromatic rings. The molecule has 0 saturated carbocycles. The molecule has 0 aliphatic rings. The lowest BCUT2D eigenvalue weighted by Gasteiger charge is -2.11. The van der Waals surface area contributed by atoms with Crippen LogP contribution in [-0.4, -0.2) is 37.3 Å². The molecular formula is C22H17NO6S. The second-order valence-electron chi connectivity index (χ2n) is 6.01. The zero-order valence-corrected chi connectivity index (χ0v) is 16.7. The summed E-state index contributed by atoms with van der Waals surface area (Å²) in [5.41, 5.74) is 0.672. The number of carbonyl (C=O) groups is 4. The molecule has 2 aromatic carbocycles. The summed E-state index contributed by atoms with van der Waals surface area (Å²) in [5, 5.41) is 4.28. The van der Waals surface area contributed by atoms with Gasteiger partial charge in [-0.2, -0.15) is 0 Å². The minimum atomic E-state index is -0.799. The van der Waals surface area contributed by atoms with E-state index in [1.165, 1.54) is 42.7 Å². The lowest BCUT2D eigenvalue weighted by Crippen LogP contribution is -2.23.